The van der Waals surface area contributed by atoms with Crippen LogP contribution in [0.5, 0.6) is 0 Å². The average Bonchev–Trinajstić information content (AvgIpc) is 2.90. The summed E-state index contributed by atoms with van der Waals surface area (Å²) in [6.07, 6.45) is 4.68. The van der Waals surface area contributed by atoms with Gasteiger partial charge in [-0.25, -0.2) is 0 Å². The molecule has 4 nitrogen and oxygen atoms in total. The third-order valence-corrected chi connectivity index (χ3v) is 3.41. The molecule has 1 saturated heterocycles. The summed E-state index contributed by atoms with van der Waals surface area (Å²) in [7, 11) is 2.14. The molecule has 2 rings (SSSR count). The Hall–Kier alpha value is -1.26. The number of aromatic nitrogens is 1. The van der Waals surface area contributed by atoms with Crippen LogP contribution in [0.25, 0.3) is 0 Å². The lowest BCUT2D eigenvalue weighted by Crippen LogP contribution is -2.35. The minimum Gasteiger partial charge on any atom is -0.315 e. The van der Waals surface area contributed by atoms with Gasteiger partial charge in [-0.05, 0) is 32.1 Å². The van der Waals surface area contributed by atoms with Crippen LogP contribution in [0.3, 0.4) is 0 Å². The zero-order chi connectivity index (χ0) is 12.1. The van der Waals surface area contributed by atoms with E-state index >= 15 is 0 Å². The maximum Gasteiger partial charge on any atom is 0.151 e. The molecule has 1 N–H and O–H groups in total. The van der Waals surface area contributed by atoms with E-state index in [4.69, 9.17) is 0 Å². The summed E-state index contributed by atoms with van der Waals surface area (Å²) in [5.74, 6) is 0. The normalized spacial score (nSPS) is 19.8. The molecule has 1 atom stereocenters. The Morgan fingerprint density at radius 2 is 2.53 bits per heavy atom. The molecule has 1 aliphatic rings. The zero-order valence-corrected chi connectivity index (χ0v) is 10.2. The zero-order valence-electron chi connectivity index (χ0n) is 10.2. The molecular formula is C13H19N3O. The van der Waals surface area contributed by atoms with Crippen LogP contribution in [0.4, 0.5) is 0 Å². The van der Waals surface area contributed by atoms with E-state index in [1.807, 2.05) is 6.07 Å². The fraction of sp³-hybridized carbons (Fsp3) is 0.538. The molecular weight excluding hydrogens is 214 g/mol. The molecule has 4 heteroatoms. The van der Waals surface area contributed by atoms with E-state index in [0.717, 1.165) is 38.0 Å². The van der Waals surface area contributed by atoms with Crippen molar-refractivity contribution in [1.82, 2.24) is 15.2 Å². The number of pyridine rings is 1. The molecule has 0 aliphatic carbocycles. The number of aldehydes is 1. The van der Waals surface area contributed by atoms with Crippen LogP contribution >= 0.6 is 0 Å². The van der Waals surface area contributed by atoms with Gasteiger partial charge in [-0.15, -0.1) is 0 Å². The molecule has 0 bridgehead atoms. The largest absolute Gasteiger partial charge is 0.315 e. The highest BCUT2D eigenvalue weighted by atomic mass is 16.1. The van der Waals surface area contributed by atoms with Crippen molar-refractivity contribution in [1.29, 1.82) is 0 Å². The maximum absolute atomic E-state index is 10.9. The number of nitrogens with one attached hydrogen (secondary N) is 1. The van der Waals surface area contributed by atoms with Gasteiger partial charge in [0.25, 0.3) is 0 Å². The molecule has 2 heterocycles. The van der Waals surface area contributed by atoms with Crippen LogP contribution < -0.4 is 5.32 Å². The van der Waals surface area contributed by atoms with E-state index in [-0.39, 0.29) is 0 Å². The van der Waals surface area contributed by atoms with Crippen molar-refractivity contribution in [2.45, 2.75) is 18.9 Å². The number of carbonyl (C=O) groups is 1. The molecule has 1 unspecified atom stereocenters. The van der Waals surface area contributed by atoms with Crippen molar-refractivity contribution >= 4 is 6.29 Å². The van der Waals surface area contributed by atoms with E-state index in [9.17, 15) is 4.79 Å². The monoisotopic (exact) mass is 233 g/mol. The molecule has 92 valence electrons. The summed E-state index contributed by atoms with van der Waals surface area (Å²) in [5, 5.41) is 3.36. The summed E-state index contributed by atoms with van der Waals surface area (Å²) in [6, 6.07) is 4.25. The topological polar surface area (TPSA) is 45.2 Å². The Morgan fingerprint density at radius 3 is 3.24 bits per heavy atom. The highest BCUT2D eigenvalue weighted by molar-refractivity contribution is 5.76. The first-order valence-electron chi connectivity index (χ1n) is 6.11. The lowest BCUT2D eigenvalue weighted by molar-refractivity contribution is 0.112. The predicted octanol–water partition coefficient (Wildman–Crippen LogP) is 0.730. The minimum absolute atomic E-state index is 0.624. The number of hydrogen-bond donors (Lipinski definition) is 1. The highest BCUT2D eigenvalue weighted by Gasteiger charge is 2.18. The van der Waals surface area contributed by atoms with Crippen LogP contribution in [0.15, 0.2) is 18.3 Å². The number of likely N-dealkylation sites (N-methyl/N-ethyl adjacent to an activating group) is 1. The molecule has 0 amide bonds. The van der Waals surface area contributed by atoms with Crippen molar-refractivity contribution in [2.75, 3.05) is 26.7 Å². The van der Waals surface area contributed by atoms with Crippen LogP contribution in [-0.4, -0.2) is 48.9 Å². The van der Waals surface area contributed by atoms with Gasteiger partial charge in [0.05, 0.1) is 5.69 Å². The van der Waals surface area contributed by atoms with Gasteiger partial charge in [0.2, 0.25) is 0 Å². The Labute approximate surface area is 102 Å². The number of nitrogens with zero attached hydrogens (tertiary/aromatic N) is 2. The van der Waals surface area contributed by atoms with E-state index in [0.29, 0.717) is 11.6 Å². The Bertz CT molecular complexity index is 375. The second-order valence-corrected chi connectivity index (χ2v) is 4.53. The molecule has 0 saturated carbocycles. The fourth-order valence-electron chi connectivity index (χ4n) is 2.25. The van der Waals surface area contributed by atoms with Crippen molar-refractivity contribution in [2.24, 2.45) is 0 Å². The average molecular weight is 233 g/mol. The molecule has 17 heavy (non-hydrogen) atoms. The van der Waals surface area contributed by atoms with Gasteiger partial charge < -0.3 is 10.2 Å². The second-order valence-electron chi connectivity index (χ2n) is 4.53. The summed E-state index contributed by atoms with van der Waals surface area (Å²) >= 11 is 0. The summed E-state index contributed by atoms with van der Waals surface area (Å²) in [4.78, 5) is 17.5. The van der Waals surface area contributed by atoms with Crippen LogP contribution in [0.1, 0.15) is 22.5 Å². The van der Waals surface area contributed by atoms with Crippen molar-refractivity contribution in [3.8, 4) is 0 Å². The van der Waals surface area contributed by atoms with Crippen molar-refractivity contribution < 1.29 is 4.79 Å². The molecule has 1 fully saturated rings. The number of carbonyl (C=O) groups excluding carboxylic acids is 1. The first-order chi connectivity index (χ1) is 8.31. The summed E-state index contributed by atoms with van der Waals surface area (Å²) < 4.78 is 0. The molecule has 0 spiro atoms. The standard InChI is InChI=1S/C13H19N3O/c1-16(12-4-7-14-9-12)8-5-13-11(10-17)3-2-6-15-13/h2-3,6,10,12,14H,4-5,7-9H2,1H3. The summed E-state index contributed by atoms with van der Waals surface area (Å²) in [5.41, 5.74) is 1.62. The van der Waals surface area contributed by atoms with Crippen molar-refractivity contribution in [3.63, 3.8) is 0 Å². The highest BCUT2D eigenvalue weighted by Crippen LogP contribution is 2.09. The Balaban J connectivity index is 1.90. The summed E-state index contributed by atoms with van der Waals surface area (Å²) in [6.45, 7) is 3.13. The van der Waals surface area contributed by atoms with E-state index in [1.165, 1.54) is 6.42 Å². The van der Waals surface area contributed by atoms with E-state index < -0.39 is 0 Å². The van der Waals surface area contributed by atoms with Crippen molar-refractivity contribution in [3.05, 3.63) is 29.6 Å². The Kier molecular flexibility index (Phi) is 4.23. The maximum atomic E-state index is 10.9. The molecule has 1 aliphatic heterocycles. The van der Waals surface area contributed by atoms with Crippen LogP contribution in [-0.2, 0) is 6.42 Å². The number of rotatable bonds is 5. The van der Waals surface area contributed by atoms with Crippen LogP contribution in [0, 0.1) is 0 Å². The minimum atomic E-state index is 0.624. The van der Waals surface area contributed by atoms with Crippen LogP contribution in [0.2, 0.25) is 0 Å². The smallest absolute Gasteiger partial charge is 0.151 e. The third-order valence-electron chi connectivity index (χ3n) is 3.41. The molecule has 0 radical (unpaired) electrons. The van der Waals surface area contributed by atoms with E-state index in [1.54, 1.807) is 12.3 Å². The first-order valence-corrected chi connectivity index (χ1v) is 6.11. The molecule has 1 aromatic heterocycles. The lowest BCUT2D eigenvalue weighted by atomic mass is 10.1. The lowest BCUT2D eigenvalue weighted by Gasteiger charge is -2.23. The quantitative estimate of drug-likeness (QED) is 0.762. The first kappa shape index (κ1) is 12.2. The molecule has 1 aromatic rings. The fourth-order valence-corrected chi connectivity index (χ4v) is 2.25. The predicted molar refractivity (Wildman–Crippen MR) is 67.2 cm³/mol. The van der Waals surface area contributed by atoms with Gasteiger partial charge in [0.15, 0.2) is 6.29 Å². The molecule has 0 aromatic carbocycles. The van der Waals surface area contributed by atoms with E-state index in [2.05, 4.69) is 22.2 Å². The van der Waals surface area contributed by atoms with Gasteiger partial charge in [-0.3, -0.25) is 9.78 Å². The van der Waals surface area contributed by atoms with Gasteiger partial charge in [-0.2, -0.15) is 0 Å². The van der Waals surface area contributed by atoms with Gasteiger partial charge in [-0.1, -0.05) is 0 Å². The SMILES string of the molecule is CN(CCc1ncccc1C=O)C1CCNC1. The van der Waals surface area contributed by atoms with Gasteiger partial charge in [0.1, 0.15) is 0 Å². The third kappa shape index (κ3) is 3.11. The van der Waals surface area contributed by atoms with Gasteiger partial charge >= 0.3 is 0 Å². The number of hydrogen-bond acceptors (Lipinski definition) is 4. The second kappa shape index (κ2) is 5.89. The Morgan fingerprint density at radius 1 is 1.65 bits per heavy atom. The van der Waals surface area contributed by atoms with Gasteiger partial charge in [0, 0.05) is 37.3 Å².